The molecular weight excluding hydrogens is 436 g/mol. The molecule has 174 valence electrons. The highest BCUT2D eigenvalue weighted by Crippen LogP contribution is 2.22. The normalized spacial score (nSPS) is 11.3. The third-order valence-corrected chi connectivity index (χ3v) is 4.04. The van der Waals surface area contributed by atoms with Crippen molar-refractivity contribution >= 4 is 29.2 Å². The summed E-state index contributed by atoms with van der Waals surface area (Å²) in [6.45, 7) is -0.541. The van der Waals surface area contributed by atoms with Crippen LogP contribution in [0.2, 0.25) is 0 Å². The van der Waals surface area contributed by atoms with Crippen LogP contribution in [-0.4, -0.2) is 50.3 Å². The molecule has 0 amide bonds. The molecular formula is C18H22F4N8O2. The SMILES string of the molecule is COc1ccc(Nc2nc(N)n(-c3ncc(F)c(NCC(=O)CCC(F)(F)F)n3)n2)cc1.[HH].[HH]. The van der Waals surface area contributed by atoms with E-state index in [0.717, 1.165) is 10.9 Å². The number of nitrogens with two attached hydrogens (primary N) is 1. The number of alkyl halides is 3. The molecule has 0 fully saturated rings. The molecule has 10 nitrogen and oxygen atoms in total. The number of anilines is 4. The number of nitrogens with zero attached hydrogens (tertiary/aromatic N) is 5. The molecule has 0 bridgehead atoms. The Morgan fingerprint density at radius 3 is 2.62 bits per heavy atom. The van der Waals surface area contributed by atoms with Crippen LogP contribution in [-0.2, 0) is 4.79 Å². The Labute approximate surface area is 181 Å². The van der Waals surface area contributed by atoms with Crippen molar-refractivity contribution in [2.45, 2.75) is 19.0 Å². The number of halogens is 4. The molecule has 0 saturated carbocycles. The third-order valence-electron chi connectivity index (χ3n) is 4.04. The van der Waals surface area contributed by atoms with Crippen LogP contribution in [0.4, 0.5) is 41.0 Å². The Morgan fingerprint density at radius 2 is 1.97 bits per heavy atom. The van der Waals surface area contributed by atoms with Gasteiger partial charge in [-0.15, -0.1) is 5.10 Å². The van der Waals surface area contributed by atoms with E-state index in [1.165, 1.54) is 7.11 Å². The molecule has 1 aromatic carbocycles. The van der Waals surface area contributed by atoms with Crippen molar-refractivity contribution in [3.8, 4) is 11.7 Å². The fourth-order valence-electron chi connectivity index (χ4n) is 2.46. The molecule has 0 unspecified atom stereocenters. The number of aromatic nitrogens is 5. The van der Waals surface area contributed by atoms with Crippen LogP contribution in [0.3, 0.4) is 0 Å². The molecule has 3 aromatic rings. The van der Waals surface area contributed by atoms with Gasteiger partial charge in [-0.25, -0.2) is 9.37 Å². The third kappa shape index (κ3) is 6.02. The Morgan fingerprint density at radius 1 is 1.25 bits per heavy atom. The minimum Gasteiger partial charge on any atom is -0.497 e. The van der Waals surface area contributed by atoms with Gasteiger partial charge in [-0.2, -0.15) is 27.8 Å². The van der Waals surface area contributed by atoms with Crippen molar-refractivity contribution < 1.29 is 29.9 Å². The summed E-state index contributed by atoms with van der Waals surface area (Å²) in [5, 5.41) is 9.39. The molecule has 32 heavy (non-hydrogen) atoms. The molecule has 0 aliphatic carbocycles. The second-order valence-corrected chi connectivity index (χ2v) is 6.43. The first-order chi connectivity index (χ1) is 15.1. The monoisotopic (exact) mass is 458 g/mol. The summed E-state index contributed by atoms with van der Waals surface area (Å²) in [4.78, 5) is 23.3. The lowest BCUT2D eigenvalue weighted by Gasteiger charge is -2.09. The Kier molecular flexibility index (Phi) is 6.70. The maximum Gasteiger partial charge on any atom is 0.389 e. The number of ketones is 1. The van der Waals surface area contributed by atoms with Crippen LogP contribution in [0.25, 0.3) is 5.95 Å². The van der Waals surface area contributed by atoms with Crippen LogP contribution >= 0.6 is 0 Å². The summed E-state index contributed by atoms with van der Waals surface area (Å²) >= 11 is 0. The van der Waals surface area contributed by atoms with E-state index >= 15 is 0 Å². The van der Waals surface area contributed by atoms with Gasteiger partial charge in [0.15, 0.2) is 17.4 Å². The summed E-state index contributed by atoms with van der Waals surface area (Å²) in [7, 11) is 1.54. The largest absolute Gasteiger partial charge is 0.497 e. The van der Waals surface area contributed by atoms with Crippen molar-refractivity contribution in [1.82, 2.24) is 24.7 Å². The Hall–Kier alpha value is -3.97. The quantitative estimate of drug-likeness (QED) is 0.413. The summed E-state index contributed by atoms with van der Waals surface area (Å²) < 4.78 is 56.7. The lowest BCUT2D eigenvalue weighted by molar-refractivity contribution is -0.142. The smallest absolute Gasteiger partial charge is 0.389 e. The number of carbonyl (C=O) groups excluding carboxylic acids is 1. The molecule has 0 aliphatic rings. The van der Waals surface area contributed by atoms with E-state index in [9.17, 15) is 22.4 Å². The molecule has 0 saturated heterocycles. The zero-order chi connectivity index (χ0) is 23.3. The summed E-state index contributed by atoms with van der Waals surface area (Å²) in [6, 6.07) is 6.89. The number of ether oxygens (including phenoxy) is 1. The van der Waals surface area contributed by atoms with Crippen LogP contribution in [0.1, 0.15) is 15.7 Å². The van der Waals surface area contributed by atoms with Crippen molar-refractivity contribution in [3.63, 3.8) is 0 Å². The molecule has 0 spiro atoms. The van der Waals surface area contributed by atoms with Gasteiger partial charge < -0.3 is 21.1 Å². The first-order valence-electron chi connectivity index (χ1n) is 9.13. The predicted molar refractivity (Wildman–Crippen MR) is 111 cm³/mol. The first-order valence-corrected chi connectivity index (χ1v) is 9.13. The van der Waals surface area contributed by atoms with E-state index in [-0.39, 0.29) is 20.7 Å². The van der Waals surface area contributed by atoms with Crippen LogP contribution < -0.4 is 21.1 Å². The number of nitrogen functional groups attached to an aromatic ring is 1. The molecule has 2 heterocycles. The summed E-state index contributed by atoms with van der Waals surface area (Å²) in [6.07, 6.45) is -5.63. The highest BCUT2D eigenvalue weighted by molar-refractivity contribution is 5.82. The van der Waals surface area contributed by atoms with E-state index in [1.807, 2.05) is 0 Å². The zero-order valence-electron chi connectivity index (χ0n) is 16.6. The van der Waals surface area contributed by atoms with Gasteiger partial charge in [-0.1, -0.05) is 0 Å². The lowest BCUT2D eigenvalue weighted by Crippen LogP contribution is -2.19. The standard InChI is InChI=1S/C18H18F4N8O2.2H2/c1-32-12-4-2-10(3-5-12)26-16-28-15(23)30(29-16)17-25-9-13(19)14(27-17)24-8-11(31)6-7-18(20,21)22;;/h2-5,9H,6-8H2,1H3,(H,24,25,27)(H3,23,26,28,29);2*1H. The number of hydrogen-bond acceptors (Lipinski definition) is 9. The summed E-state index contributed by atoms with van der Waals surface area (Å²) in [5.74, 6) is -1.57. The average Bonchev–Trinajstić information content (AvgIpc) is 3.11. The Balaban J connectivity index is 0.00000289. The number of benzene rings is 1. The predicted octanol–water partition coefficient (Wildman–Crippen LogP) is 3.35. The van der Waals surface area contributed by atoms with Gasteiger partial charge in [0.25, 0.3) is 5.95 Å². The highest BCUT2D eigenvalue weighted by atomic mass is 19.4. The van der Waals surface area contributed by atoms with E-state index in [2.05, 4.69) is 30.7 Å². The van der Waals surface area contributed by atoms with Crippen molar-refractivity contribution in [2.75, 3.05) is 30.0 Å². The highest BCUT2D eigenvalue weighted by Gasteiger charge is 2.27. The summed E-state index contributed by atoms with van der Waals surface area (Å²) in [5.41, 5.74) is 6.48. The van der Waals surface area contributed by atoms with Crippen molar-refractivity contribution in [3.05, 3.63) is 36.3 Å². The molecule has 2 aromatic heterocycles. The molecule has 0 atom stereocenters. The van der Waals surface area contributed by atoms with E-state index < -0.39 is 43.0 Å². The molecule has 3 rings (SSSR count). The minimum absolute atomic E-state index is 0. The van der Waals surface area contributed by atoms with Gasteiger partial charge in [0.2, 0.25) is 11.9 Å². The van der Waals surface area contributed by atoms with Crippen LogP contribution in [0.5, 0.6) is 5.75 Å². The number of methoxy groups -OCH3 is 1. The fourth-order valence-corrected chi connectivity index (χ4v) is 2.46. The number of nitrogens with one attached hydrogen (secondary N) is 2. The molecule has 4 N–H and O–H groups in total. The molecule has 0 radical (unpaired) electrons. The van der Waals surface area contributed by atoms with Crippen molar-refractivity contribution in [1.29, 1.82) is 0 Å². The van der Waals surface area contributed by atoms with Crippen molar-refractivity contribution in [2.24, 2.45) is 0 Å². The fraction of sp³-hybridized carbons (Fsp3) is 0.278. The number of rotatable bonds is 9. The average molecular weight is 458 g/mol. The second-order valence-electron chi connectivity index (χ2n) is 6.43. The second kappa shape index (κ2) is 9.45. The number of Topliss-reactive ketones (excluding diaryl/α,β-unsaturated/α-hetero) is 1. The van der Waals surface area contributed by atoms with E-state index in [4.69, 9.17) is 10.5 Å². The van der Waals surface area contributed by atoms with Gasteiger partial charge in [-0.05, 0) is 24.3 Å². The topological polar surface area (TPSA) is 133 Å². The molecule has 14 heteroatoms. The molecule has 0 aliphatic heterocycles. The lowest BCUT2D eigenvalue weighted by atomic mass is 10.2. The van der Waals surface area contributed by atoms with Gasteiger partial charge in [0.05, 0.1) is 26.3 Å². The zero-order valence-corrected chi connectivity index (χ0v) is 16.6. The van der Waals surface area contributed by atoms with Gasteiger partial charge >= 0.3 is 6.18 Å². The maximum atomic E-state index is 14.0. The van der Waals surface area contributed by atoms with Gasteiger partial charge in [-0.3, -0.25) is 4.79 Å². The number of carbonyl (C=O) groups is 1. The van der Waals surface area contributed by atoms with Crippen LogP contribution in [0, 0.1) is 5.82 Å². The van der Waals surface area contributed by atoms with E-state index in [1.54, 1.807) is 24.3 Å². The van der Waals surface area contributed by atoms with E-state index in [0.29, 0.717) is 11.4 Å². The minimum atomic E-state index is -4.45. The van der Waals surface area contributed by atoms with Gasteiger partial charge in [0, 0.05) is 15.0 Å². The van der Waals surface area contributed by atoms with Gasteiger partial charge in [0.1, 0.15) is 5.75 Å². The van der Waals surface area contributed by atoms with Crippen LogP contribution in [0.15, 0.2) is 30.5 Å². The maximum absolute atomic E-state index is 14.0. The first kappa shape index (κ1) is 22.7. The number of hydrogen-bond donors (Lipinski definition) is 3. The Bertz CT molecular complexity index is 1100.